The Hall–Kier alpha value is -0.0800. The van der Waals surface area contributed by atoms with Crippen LogP contribution in [-0.2, 0) is 4.74 Å². The summed E-state index contributed by atoms with van der Waals surface area (Å²) in [7, 11) is 1.79. The van der Waals surface area contributed by atoms with Gasteiger partial charge in [-0.1, -0.05) is 13.8 Å². The third kappa shape index (κ3) is 4.63. The zero-order valence-electron chi connectivity index (χ0n) is 9.84. The van der Waals surface area contributed by atoms with E-state index in [0.29, 0.717) is 6.04 Å². The van der Waals surface area contributed by atoms with Crippen molar-refractivity contribution in [2.75, 3.05) is 26.8 Å². The van der Waals surface area contributed by atoms with Gasteiger partial charge in [-0.05, 0) is 32.7 Å². The number of likely N-dealkylation sites (tertiary alicyclic amines) is 1. The monoisotopic (exact) mass is 187 g/mol. The molecule has 0 N–H and O–H groups in total. The van der Waals surface area contributed by atoms with Crippen LogP contribution in [0.25, 0.3) is 0 Å². The molecule has 0 aromatic heterocycles. The average molecular weight is 187 g/mol. The molecule has 1 fully saturated rings. The average Bonchev–Trinajstić information content (AvgIpc) is 2.57. The Morgan fingerprint density at radius 3 is 2.38 bits per heavy atom. The summed E-state index contributed by atoms with van der Waals surface area (Å²) in [6.45, 7) is 11.9. The summed E-state index contributed by atoms with van der Waals surface area (Å²) < 4.78 is 5.13. The van der Waals surface area contributed by atoms with Gasteiger partial charge in [0.05, 0.1) is 6.61 Å². The Kier molecular flexibility index (Phi) is 7.29. The standard InChI is InChI=1S/C9H19NO.C2H6/c1-8(2)10-5-4-9(6-10)7-11-3;1-2/h8-9H,4-7H2,1-3H3;1-2H3. The van der Waals surface area contributed by atoms with Crippen molar-refractivity contribution in [1.29, 1.82) is 0 Å². The van der Waals surface area contributed by atoms with Crippen LogP contribution in [0, 0.1) is 5.92 Å². The summed E-state index contributed by atoms with van der Waals surface area (Å²) in [5.41, 5.74) is 0. The molecule has 0 aromatic carbocycles. The fourth-order valence-corrected chi connectivity index (χ4v) is 1.70. The van der Waals surface area contributed by atoms with Gasteiger partial charge in [-0.15, -0.1) is 0 Å². The van der Waals surface area contributed by atoms with Crippen LogP contribution >= 0.6 is 0 Å². The number of hydrogen-bond acceptors (Lipinski definition) is 2. The maximum absolute atomic E-state index is 5.13. The van der Waals surface area contributed by atoms with Crippen molar-refractivity contribution >= 4 is 0 Å². The zero-order chi connectivity index (χ0) is 10.3. The van der Waals surface area contributed by atoms with Crippen LogP contribution in [0.1, 0.15) is 34.1 Å². The Balaban J connectivity index is 0.000000671. The molecule has 1 rings (SSSR count). The molecule has 1 aliphatic heterocycles. The summed E-state index contributed by atoms with van der Waals surface area (Å²) in [6.07, 6.45) is 1.31. The van der Waals surface area contributed by atoms with E-state index in [1.165, 1.54) is 19.5 Å². The van der Waals surface area contributed by atoms with E-state index in [0.717, 1.165) is 12.5 Å². The van der Waals surface area contributed by atoms with Gasteiger partial charge < -0.3 is 9.64 Å². The molecule has 2 nitrogen and oxygen atoms in total. The Labute approximate surface area is 83.3 Å². The highest BCUT2D eigenvalue weighted by atomic mass is 16.5. The molecular formula is C11H25NO. The van der Waals surface area contributed by atoms with Crippen LogP contribution in [0.5, 0.6) is 0 Å². The zero-order valence-corrected chi connectivity index (χ0v) is 9.84. The van der Waals surface area contributed by atoms with E-state index in [1.54, 1.807) is 7.11 Å². The number of hydrogen-bond donors (Lipinski definition) is 0. The summed E-state index contributed by atoms with van der Waals surface area (Å²) in [5.74, 6) is 0.780. The fraction of sp³-hybridized carbons (Fsp3) is 1.00. The summed E-state index contributed by atoms with van der Waals surface area (Å²) in [6, 6.07) is 0.705. The van der Waals surface area contributed by atoms with Crippen LogP contribution in [0.15, 0.2) is 0 Å². The van der Waals surface area contributed by atoms with Gasteiger partial charge in [-0.25, -0.2) is 0 Å². The van der Waals surface area contributed by atoms with E-state index in [2.05, 4.69) is 18.7 Å². The van der Waals surface area contributed by atoms with Crippen LogP contribution in [0.4, 0.5) is 0 Å². The van der Waals surface area contributed by atoms with Gasteiger partial charge >= 0.3 is 0 Å². The third-order valence-electron chi connectivity index (χ3n) is 2.45. The van der Waals surface area contributed by atoms with Crippen molar-refractivity contribution in [3.63, 3.8) is 0 Å². The lowest BCUT2D eigenvalue weighted by molar-refractivity contribution is 0.149. The lowest BCUT2D eigenvalue weighted by Crippen LogP contribution is -2.28. The Morgan fingerprint density at radius 1 is 1.38 bits per heavy atom. The molecule has 0 aliphatic carbocycles. The predicted octanol–water partition coefficient (Wildman–Crippen LogP) is 2.39. The van der Waals surface area contributed by atoms with Gasteiger partial charge in [-0.3, -0.25) is 0 Å². The minimum absolute atomic E-state index is 0.705. The van der Waals surface area contributed by atoms with E-state index >= 15 is 0 Å². The first-order valence-corrected chi connectivity index (χ1v) is 5.47. The molecular weight excluding hydrogens is 162 g/mol. The molecule has 0 radical (unpaired) electrons. The van der Waals surface area contributed by atoms with E-state index in [4.69, 9.17) is 4.74 Å². The number of rotatable bonds is 3. The molecule has 1 saturated heterocycles. The highest BCUT2D eigenvalue weighted by molar-refractivity contribution is 4.77. The van der Waals surface area contributed by atoms with E-state index in [9.17, 15) is 0 Å². The first-order chi connectivity index (χ1) is 6.24. The number of nitrogens with zero attached hydrogens (tertiary/aromatic N) is 1. The van der Waals surface area contributed by atoms with Crippen molar-refractivity contribution in [2.45, 2.75) is 40.2 Å². The van der Waals surface area contributed by atoms with Crippen LogP contribution in [0.2, 0.25) is 0 Å². The molecule has 1 atom stereocenters. The molecule has 2 heteroatoms. The minimum Gasteiger partial charge on any atom is -0.384 e. The van der Waals surface area contributed by atoms with Gasteiger partial charge in [0, 0.05) is 19.7 Å². The van der Waals surface area contributed by atoms with E-state index in [1.807, 2.05) is 13.8 Å². The van der Waals surface area contributed by atoms with Crippen LogP contribution < -0.4 is 0 Å². The maximum Gasteiger partial charge on any atom is 0.0503 e. The Morgan fingerprint density at radius 2 is 2.00 bits per heavy atom. The second kappa shape index (κ2) is 7.34. The second-order valence-corrected chi connectivity index (χ2v) is 3.70. The molecule has 0 bridgehead atoms. The van der Waals surface area contributed by atoms with Crippen LogP contribution in [-0.4, -0.2) is 37.7 Å². The van der Waals surface area contributed by atoms with Gasteiger partial charge in [-0.2, -0.15) is 0 Å². The molecule has 0 saturated carbocycles. The molecule has 0 amide bonds. The van der Waals surface area contributed by atoms with Crippen molar-refractivity contribution in [3.8, 4) is 0 Å². The molecule has 0 spiro atoms. The topological polar surface area (TPSA) is 12.5 Å². The summed E-state index contributed by atoms with van der Waals surface area (Å²) in [4.78, 5) is 2.52. The lowest BCUT2D eigenvalue weighted by Gasteiger charge is -2.19. The largest absolute Gasteiger partial charge is 0.384 e. The molecule has 0 aromatic rings. The summed E-state index contributed by atoms with van der Waals surface area (Å²) in [5, 5.41) is 0. The van der Waals surface area contributed by atoms with Gasteiger partial charge in [0.25, 0.3) is 0 Å². The van der Waals surface area contributed by atoms with Gasteiger partial charge in [0.2, 0.25) is 0 Å². The second-order valence-electron chi connectivity index (χ2n) is 3.70. The molecule has 1 heterocycles. The van der Waals surface area contributed by atoms with Crippen molar-refractivity contribution in [2.24, 2.45) is 5.92 Å². The molecule has 80 valence electrons. The highest BCUT2D eigenvalue weighted by Gasteiger charge is 2.23. The maximum atomic E-state index is 5.13. The van der Waals surface area contributed by atoms with Crippen molar-refractivity contribution < 1.29 is 4.74 Å². The van der Waals surface area contributed by atoms with Gasteiger partial charge in [0.1, 0.15) is 0 Å². The predicted molar refractivity (Wildman–Crippen MR) is 58.0 cm³/mol. The normalized spacial score (nSPS) is 23.1. The Bertz CT molecular complexity index is 115. The van der Waals surface area contributed by atoms with E-state index < -0.39 is 0 Å². The quantitative estimate of drug-likeness (QED) is 0.672. The molecule has 1 unspecified atom stereocenters. The SMILES string of the molecule is CC.COCC1CCN(C(C)C)C1. The third-order valence-corrected chi connectivity index (χ3v) is 2.45. The van der Waals surface area contributed by atoms with E-state index in [-0.39, 0.29) is 0 Å². The molecule has 1 aliphatic rings. The first-order valence-electron chi connectivity index (χ1n) is 5.47. The first kappa shape index (κ1) is 12.9. The van der Waals surface area contributed by atoms with Gasteiger partial charge in [0.15, 0.2) is 0 Å². The minimum atomic E-state index is 0.705. The number of ether oxygens (including phenoxy) is 1. The number of methoxy groups -OCH3 is 1. The summed E-state index contributed by atoms with van der Waals surface area (Å²) >= 11 is 0. The molecule has 13 heavy (non-hydrogen) atoms. The highest BCUT2D eigenvalue weighted by Crippen LogP contribution is 2.18. The lowest BCUT2D eigenvalue weighted by atomic mass is 10.1. The smallest absolute Gasteiger partial charge is 0.0503 e. The fourth-order valence-electron chi connectivity index (χ4n) is 1.70. The van der Waals surface area contributed by atoms with Crippen molar-refractivity contribution in [3.05, 3.63) is 0 Å². The van der Waals surface area contributed by atoms with Crippen LogP contribution in [0.3, 0.4) is 0 Å². The van der Waals surface area contributed by atoms with Crippen molar-refractivity contribution in [1.82, 2.24) is 4.90 Å².